The topological polar surface area (TPSA) is 129 Å². The van der Waals surface area contributed by atoms with Gasteiger partial charge in [-0.25, -0.2) is 0 Å². The lowest BCUT2D eigenvalue weighted by Crippen LogP contribution is -2.41. The number of anilines is 1. The number of nitrogens with zero attached hydrogens (tertiary/aromatic N) is 2. The SMILES string of the molecule is CCOc1cc([N+](=O)[O-])c(C(=O)N2CCC(C(=O)Nc3ccc4c(c3)OCO4)CC2)cc1OC. The minimum atomic E-state index is -0.610. The van der Waals surface area contributed by atoms with E-state index in [0.717, 1.165) is 0 Å². The molecule has 0 spiro atoms. The number of amides is 2. The first-order valence-corrected chi connectivity index (χ1v) is 10.9. The maximum absolute atomic E-state index is 13.1. The Kier molecular flexibility index (Phi) is 6.71. The number of ether oxygens (including phenoxy) is 4. The molecule has 2 heterocycles. The van der Waals surface area contributed by atoms with Gasteiger partial charge in [-0.05, 0) is 31.9 Å². The van der Waals surface area contributed by atoms with Crippen LogP contribution in [0.1, 0.15) is 30.1 Å². The number of methoxy groups -OCH3 is 1. The summed E-state index contributed by atoms with van der Waals surface area (Å²) in [6.07, 6.45) is 0.869. The van der Waals surface area contributed by atoms with Crippen molar-refractivity contribution >= 4 is 23.2 Å². The van der Waals surface area contributed by atoms with Gasteiger partial charge in [0.1, 0.15) is 5.56 Å². The number of rotatable bonds is 7. The van der Waals surface area contributed by atoms with Gasteiger partial charge in [-0.15, -0.1) is 0 Å². The monoisotopic (exact) mass is 471 g/mol. The van der Waals surface area contributed by atoms with Crippen molar-refractivity contribution in [2.45, 2.75) is 19.8 Å². The molecular formula is C23H25N3O8. The Balaban J connectivity index is 1.42. The van der Waals surface area contributed by atoms with Crippen LogP contribution in [-0.4, -0.2) is 55.2 Å². The molecule has 0 aliphatic carbocycles. The fourth-order valence-corrected chi connectivity index (χ4v) is 4.03. The molecule has 0 saturated carbocycles. The highest BCUT2D eigenvalue weighted by atomic mass is 16.7. The van der Waals surface area contributed by atoms with Crippen LogP contribution in [0.15, 0.2) is 30.3 Å². The Morgan fingerprint density at radius 1 is 1.15 bits per heavy atom. The Morgan fingerprint density at radius 3 is 2.56 bits per heavy atom. The third-order valence-corrected chi connectivity index (χ3v) is 5.80. The first-order chi connectivity index (χ1) is 16.4. The number of nitrogens with one attached hydrogen (secondary N) is 1. The Morgan fingerprint density at radius 2 is 1.88 bits per heavy atom. The lowest BCUT2D eigenvalue weighted by molar-refractivity contribution is -0.385. The number of piperidine rings is 1. The predicted octanol–water partition coefficient (Wildman–Crippen LogP) is 3.22. The summed E-state index contributed by atoms with van der Waals surface area (Å²) >= 11 is 0. The van der Waals surface area contributed by atoms with E-state index in [2.05, 4.69) is 5.32 Å². The molecule has 2 aliphatic heterocycles. The predicted molar refractivity (Wildman–Crippen MR) is 121 cm³/mol. The highest BCUT2D eigenvalue weighted by molar-refractivity contribution is 5.99. The molecule has 11 nitrogen and oxygen atoms in total. The molecule has 1 N–H and O–H groups in total. The number of hydrogen-bond acceptors (Lipinski definition) is 8. The number of carbonyl (C=O) groups excluding carboxylic acids is 2. The van der Waals surface area contributed by atoms with E-state index in [0.29, 0.717) is 49.7 Å². The number of carbonyl (C=O) groups is 2. The fraction of sp³-hybridized carbons (Fsp3) is 0.391. The number of benzene rings is 2. The Hall–Kier alpha value is -4.02. The Bertz CT molecular complexity index is 1110. The molecule has 2 aromatic carbocycles. The smallest absolute Gasteiger partial charge is 0.286 e. The molecule has 2 aliphatic rings. The number of nitro benzene ring substituents is 1. The third-order valence-electron chi connectivity index (χ3n) is 5.80. The summed E-state index contributed by atoms with van der Waals surface area (Å²) in [5.41, 5.74) is 0.176. The van der Waals surface area contributed by atoms with Crippen molar-refractivity contribution in [3.8, 4) is 23.0 Å². The van der Waals surface area contributed by atoms with Crippen molar-refractivity contribution in [3.63, 3.8) is 0 Å². The summed E-state index contributed by atoms with van der Waals surface area (Å²) in [6.45, 7) is 2.78. The Labute approximate surface area is 195 Å². The normalized spacial score (nSPS) is 15.1. The van der Waals surface area contributed by atoms with Gasteiger partial charge in [0.15, 0.2) is 23.0 Å². The molecule has 1 fully saturated rings. The van der Waals surface area contributed by atoms with Crippen molar-refractivity contribution in [1.82, 2.24) is 4.90 Å². The van der Waals surface area contributed by atoms with E-state index < -0.39 is 10.8 Å². The van der Waals surface area contributed by atoms with E-state index in [-0.39, 0.29) is 41.4 Å². The molecule has 0 aromatic heterocycles. The average molecular weight is 471 g/mol. The van der Waals surface area contributed by atoms with Crippen molar-refractivity contribution in [2.75, 3.05) is 38.9 Å². The van der Waals surface area contributed by atoms with Crippen molar-refractivity contribution in [2.24, 2.45) is 5.92 Å². The van der Waals surface area contributed by atoms with Crippen molar-refractivity contribution in [3.05, 3.63) is 46.0 Å². The molecule has 0 bridgehead atoms. The zero-order chi connectivity index (χ0) is 24.2. The van der Waals surface area contributed by atoms with Gasteiger partial charge in [0.05, 0.1) is 24.7 Å². The summed E-state index contributed by atoms with van der Waals surface area (Å²) < 4.78 is 21.3. The van der Waals surface area contributed by atoms with E-state index in [9.17, 15) is 19.7 Å². The summed E-state index contributed by atoms with van der Waals surface area (Å²) in [6, 6.07) is 7.72. The van der Waals surface area contributed by atoms with Gasteiger partial charge in [0.2, 0.25) is 12.7 Å². The highest BCUT2D eigenvalue weighted by Crippen LogP contribution is 2.37. The van der Waals surface area contributed by atoms with Gasteiger partial charge in [-0.2, -0.15) is 0 Å². The second-order valence-electron chi connectivity index (χ2n) is 7.83. The van der Waals surface area contributed by atoms with Crippen LogP contribution in [0.25, 0.3) is 0 Å². The zero-order valence-electron chi connectivity index (χ0n) is 18.9. The number of hydrogen-bond donors (Lipinski definition) is 1. The second-order valence-corrected chi connectivity index (χ2v) is 7.83. The fourth-order valence-electron chi connectivity index (χ4n) is 4.03. The summed E-state index contributed by atoms with van der Waals surface area (Å²) in [5, 5.41) is 14.5. The van der Waals surface area contributed by atoms with Crippen LogP contribution < -0.4 is 24.3 Å². The number of nitro groups is 1. The van der Waals surface area contributed by atoms with Crippen LogP contribution in [0, 0.1) is 16.0 Å². The van der Waals surface area contributed by atoms with Gasteiger partial charge in [-0.3, -0.25) is 19.7 Å². The number of fused-ring (bicyclic) bond motifs is 1. The molecule has 0 atom stereocenters. The van der Waals surface area contributed by atoms with Crippen LogP contribution >= 0.6 is 0 Å². The maximum atomic E-state index is 13.1. The van der Waals surface area contributed by atoms with Crippen LogP contribution in [0.3, 0.4) is 0 Å². The molecule has 4 rings (SSSR count). The van der Waals surface area contributed by atoms with Gasteiger partial charge in [0.25, 0.3) is 11.6 Å². The quantitative estimate of drug-likeness (QED) is 0.481. The van der Waals surface area contributed by atoms with Crippen molar-refractivity contribution in [1.29, 1.82) is 0 Å². The van der Waals surface area contributed by atoms with E-state index in [1.54, 1.807) is 25.1 Å². The van der Waals surface area contributed by atoms with Crippen molar-refractivity contribution < 1.29 is 33.5 Å². The largest absolute Gasteiger partial charge is 0.493 e. The average Bonchev–Trinajstić information content (AvgIpc) is 3.31. The molecule has 11 heteroatoms. The minimum absolute atomic E-state index is 0.0754. The van der Waals surface area contributed by atoms with Crippen LogP contribution in [0.2, 0.25) is 0 Å². The standard InChI is InChI=1S/C23H25N3O8/c1-3-32-21-12-17(26(29)30)16(11-19(21)31-2)23(28)25-8-6-14(7-9-25)22(27)24-15-4-5-18-20(10-15)34-13-33-18/h4-5,10-12,14H,3,6-9,13H2,1-2H3,(H,24,27). The van der Waals surface area contributed by atoms with Crippen LogP contribution in [0.4, 0.5) is 11.4 Å². The lowest BCUT2D eigenvalue weighted by atomic mass is 9.95. The molecule has 1 saturated heterocycles. The molecule has 0 unspecified atom stereocenters. The van der Waals surface area contributed by atoms with E-state index in [1.807, 2.05) is 0 Å². The van der Waals surface area contributed by atoms with Gasteiger partial charge in [0, 0.05) is 36.8 Å². The summed E-state index contributed by atoms with van der Waals surface area (Å²) in [5.74, 6) is 0.720. The first kappa shape index (κ1) is 23.1. The molecule has 180 valence electrons. The first-order valence-electron chi connectivity index (χ1n) is 10.9. The zero-order valence-corrected chi connectivity index (χ0v) is 18.9. The van der Waals surface area contributed by atoms with Crippen LogP contribution in [0.5, 0.6) is 23.0 Å². The molecule has 34 heavy (non-hydrogen) atoms. The van der Waals surface area contributed by atoms with Gasteiger partial charge >= 0.3 is 0 Å². The third kappa shape index (κ3) is 4.68. The molecule has 2 aromatic rings. The lowest BCUT2D eigenvalue weighted by Gasteiger charge is -2.31. The second kappa shape index (κ2) is 9.86. The van der Waals surface area contributed by atoms with Gasteiger partial charge in [-0.1, -0.05) is 0 Å². The summed E-state index contributed by atoms with van der Waals surface area (Å²) in [7, 11) is 1.40. The van der Waals surface area contributed by atoms with E-state index >= 15 is 0 Å². The van der Waals surface area contributed by atoms with Crippen LogP contribution in [-0.2, 0) is 4.79 Å². The maximum Gasteiger partial charge on any atom is 0.286 e. The molecule has 0 radical (unpaired) electrons. The molecule has 2 amide bonds. The van der Waals surface area contributed by atoms with E-state index in [1.165, 1.54) is 24.1 Å². The minimum Gasteiger partial charge on any atom is -0.493 e. The highest BCUT2D eigenvalue weighted by Gasteiger charge is 2.32. The summed E-state index contributed by atoms with van der Waals surface area (Å²) in [4.78, 5) is 38.4. The number of likely N-dealkylation sites (tertiary alicyclic amines) is 1. The van der Waals surface area contributed by atoms with E-state index in [4.69, 9.17) is 18.9 Å². The van der Waals surface area contributed by atoms with Gasteiger partial charge < -0.3 is 29.2 Å². The molecular weight excluding hydrogens is 446 g/mol.